The van der Waals surface area contributed by atoms with Gasteiger partial charge in [0.25, 0.3) is 0 Å². The summed E-state index contributed by atoms with van der Waals surface area (Å²) in [5.41, 5.74) is 4.33. The number of carbonyl (C=O) groups is 1. The number of para-hydroxylation sites is 1. The van der Waals surface area contributed by atoms with Crippen LogP contribution in [0.25, 0.3) is 0 Å². The summed E-state index contributed by atoms with van der Waals surface area (Å²) < 4.78 is 0. The van der Waals surface area contributed by atoms with E-state index in [0.717, 1.165) is 34.2 Å². The second-order valence-corrected chi connectivity index (χ2v) is 7.95. The second-order valence-electron chi connectivity index (χ2n) is 6.06. The lowest BCUT2D eigenvalue weighted by molar-refractivity contribution is -0.115. The minimum Gasteiger partial charge on any atom is -0.274 e. The van der Waals surface area contributed by atoms with Crippen LogP contribution in [0.1, 0.15) is 30.7 Å². The zero-order valence-corrected chi connectivity index (χ0v) is 16.9. The number of thioether (sulfide) groups is 1. The zero-order valence-electron chi connectivity index (χ0n) is 15.2. The molecule has 1 aromatic heterocycles. The molecule has 3 nitrogen and oxygen atoms in total. The average Bonchev–Trinajstić information content (AvgIpc) is 3.10. The van der Waals surface area contributed by atoms with E-state index in [2.05, 4.69) is 44.2 Å². The molecule has 3 aromatic rings. The number of rotatable bonds is 6. The van der Waals surface area contributed by atoms with Crippen LogP contribution in [0.15, 0.2) is 58.8 Å². The van der Waals surface area contributed by atoms with Gasteiger partial charge in [-0.25, -0.2) is 4.98 Å². The van der Waals surface area contributed by atoms with Crippen LogP contribution in [0.3, 0.4) is 0 Å². The minimum atomic E-state index is -0.0158. The number of aryl methyl sites for hydroxylation is 2. The fourth-order valence-electron chi connectivity index (χ4n) is 2.69. The SMILES string of the molecule is CCc1ccccc1N(C(C)=O)c1nc(CSc2ccc(C)cc2)cs1. The Morgan fingerprint density at radius 3 is 2.58 bits per heavy atom. The lowest BCUT2D eigenvalue weighted by Gasteiger charge is -2.20. The molecule has 0 saturated heterocycles. The van der Waals surface area contributed by atoms with Crippen LogP contribution in [-0.2, 0) is 17.0 Å². The van der Waals surface area contributed by atoms with Crippen molar-refractivity contribution in [3.63, 3.8) is 0 Å². The van der Waals surface area contributed by atoms with Gasteiger partial charge in [-0.1, -0.05) is 42.8 Å². The molecule has 1 amide bonds. The van der Waals surface area contributed by atoms with Gasteiger partial charge in [0.2, 0.25) is 5.91 Å². The molecular weight excluding hydrogens is 360 g/mol. The van der Waals surface area contributed by atoms with Crippen molar-refractivity contribution < 1.29 is 4.79 Å². The van der Waals surface area contributed by atoms with Crippen LogP contribution in [-0.4, -0.2) is 10.9 Å². The van der Waals surface area contributed by atoms with Crippen LogP contribution >= 0.6 is 23.1 Å². The van der Waals surface area contributed by atoms with Crippen molar-refractivity contribution in [3.05, 3.63) is 70.7 Å². The summed E-state index contributed by atoms with van der Waals surface area (Å²) in [4.78, 5) is 20.0. The van der Waals surface area contributed by atoms with Crippen LogP contribution in [0, 0.1) is 6.92 Å². The molecule has 1 heterocycles. The third-order valence-corrected chi connectivity index (χ3v) is 5.99. The molecule has 0 bridgehead atoms. The second kappa shape index (κ2) is 8.52. The fourth-order valence-corrected chi connectivity index (χ4v) is 4.47. The summed E-state index contributed by atoms with van der Waals surface area (Å²) in [6, 6.07) is 16.5. The molecule has 134 valence electrons. The summed E-state index contributed by atoms with van der Waals surface area (Å²) in [6.07, 6.45) is 0.876. The highest BCUT2D eigenvalue weighted by molar-refractivity contribution is 7.98. The Balaban J connectivity index is 1.79. The summed E-state index contributed by atoms with van der Waals surface area (Å²) >= 11 is 3.28. The van der Waals surface area contributed by atoms with Gasteiger partial charge in [-0.2, -0.15) is 0 Å². The highest BCUT2D eigenvalue weighted by atomic mass is 32.2. The van der Waals surface area contributed by atoms with Gasteiger partial charge in [0.05, 0.1) is 11.4 Å². The number of hydrogen-bond donors (Lipinski definition) is 0. The maximum absolute atomic E-state index is 12.3. The number of benzene rings is 2. The van der Waals surface area contributed by atoms with E-state index in [1.54, 1.807) is 23.6 Å². The number of anilines is 2. The van der Waals surface area contributed by atoms with Gasteiger partial charge in [0, 0.05) is 23.0 Å². The lowest BCUT2D eigenvalue weighted by atomic mass is 10.1. The Bertz CT molecular complexity index is 887. The lowest BCUT2D eigenvalue weighted by Crippen LogP contribution is -2.23. The van der Waals surface area contributed by atoms with Gasteiger partial charge < -0.3 is 0 Å². The highest BCUT2D eigenvalue weighted by Crippen LogP contribution is 2.33. The van der Waals surface area contributed by atoms with Crippen molar-refractivity contribution in [3.8, 4) is 0 Å². The Hall–Kier alpha value is -2.11. The van der Waals surface area contributed by atoms with E-state index >= 15 is 0 Å². The average molecular weight is 383 g/mol. The number of hydrogen-bond acceptors (Lipinski definition) is 4. The largest absolute Gasteiger partial charge is 0.274 e. The molecule has 0 unspecified atom stereocenters. The van der Waals surface area contributed by atoms with Gasteiger partial charge in [-0.05, 0) is 37.1 Å². The predicted molar refractivity (Wildman–Crippen MR) is 111 cm³/mol. The molecule has 0 saturated carbocycles. The smallest absolute Gasteiger partial charge is 0.230 e. The van der Waals surface area contributed by atoms with Gasteiger partial charge in [-0.3, -0.25) is 9.69 Å². The van der Waals surface area contributed by atoms with E-state index in [1.165, 1.54) is 21.8 Å². The molecule has 26 heavy (non-hydrogen) atoms. The fraction of sp³-hybridized carbons (Fsp3) is 0.238. The maximum atomic E-state index is 12.3. The third-order valence-electron chi connectivity index (χ3n) is 4.07. The molecule has 3 rings (SSSR count). The first-order valence-corrected chi connectivity index (χ1v) is 10.5. The normalized spacial score (nSPS) is 10.7. The molecule has 5 heteroatoms. The van der Waals surface area contributed by atoms with Crippen LogP contribution < -0.4 is 4.90 Å². The Labute approximate surface area is 163 Å². The molecular formula is C21H22N2OS2. The first-order chi connectivity index (χ1) is 12.6. The van der Waals surface area contributed by atoms with Crippen molar-refractivity contribution in [2.45, 2.75) is 37.8 Å². The van der Waals surface area contributed by atoms with E-state index in [4.69, 9.17) is 4.98 Å². The van der Waals surface area contributed by atoms with Crippen LogP contribution in [0.5, 0.6) is 0 Å². The van der Waals surface area contributed by atoms with Crippen LogP contribution in [0.4, 0.5) is 10.8 Å². The van der Waals surface area contributed by atoms with Crippen molar-refractivity contribution in [2.75, 3.05) is 4.90 Å². The monoisotopic (exact) mass is 382 g/mol. The summed E-state index contributed by atoms with van der Waals surface area (Å²) in [6.45, 7) is 5.78. The Morgan fingerprint density at radius 2 is 1.88 bits per heavy atom. The quantitative estimate of drug-likeness (QED) is 0.491. The molecule has 0 fully saturated rings. The van der Waals surface area contributed by atoms with Crippen molar-refractivity contribution in [1.82, 2.24) is 4.98 Å². The van der Waals surface area contributed by atoms with Gasteiger partial charge in [-0.15, -0.1) is 23.1 Å². The van der Waals surface area contributed by atoms with E-state index in [-0.39, 0.29) is 5.91 Å². The van der Waals surface area contributed by atoms with E-state index in [1.807, 2.05) is 23.6 Å². The number of amides is 1. The van der Waals surface area contributed by atoms with Crippen molar-refractivity contribution >= 4 is 39.8 Å². The Kier molecular flexibility index (Phi) is 6.12. The van der Waals surface area contributed by atoms with E-state index in [0.29, 0.717) is 0 Å². The maximum Gasteiger partial charge on any atom is 0.230 e. The number of carbonyl (C=O) groups excluding carboxylic acids is 1. The topological polar surface area (TPSA) is 33.2 Å². The first kappa shape index (κ1) is 18.7. The number of nitrogens with zero attached hydrogens (tertiary/aromatic N) is 2. The molecule has 0 N–H and O–H groups in total. The third kappa shape index (κ3) is 4.34. The standard InChI is InChI=1S/C21H22N2OS2/c1-4-17-7-5-6-8-20(17)23(16(3)24)21-22-18(14-26-21)13-25-19-11-9-15(2)10-12-19/h5-12,14H,4,13H2,1-3H3. The molecule has 0 radical (unpaired) electrons. The highest BCUT2D eigenvalue weighted by Gasteiger charge is 2.20. The first-order valence-electron chi connectivity index (χ1n) is 8.61. The van der Waals surface area contributed by atoms with Crippen molar-refractivity contribution in [2.24, 2.45) is 0 Å². The van der Waals surface area contributed by atoms with Gasteiger partial charge in [0.1, 0.15) is 0 Å². The van der Waals surface area contributed by atoms with Gasteiger partial charge in [0.15, 0.2) is 5.13 Å². The molecule has 0 aliphatic rings. The van der Waals surface area contributed by atoms with E-state index < -0.39 is 0 Å². The van der Waals surface area contributed by atoms with Gasteiger partial charge >= 0.3 is 0 Å². The Morgan fingerprint density at radius 1 is 1.15 bits per heavy atom. The van der Waals surface area contributed by atoms with E-state index in [9.17, 15) is 4.79 Å². The molecule has 0 spiro atoms. The number of aromatic nitrogens is 1. The van der Waals surface area contributed by atoms with Crippen LogP contribution in [0.2, 0.25) is 0 Å². The van der Waals surface area contributed by atoms with Crippen molar-refractivity contribution in [1.29, 1.82) is 0 Å². The summed E-state index contributed by atoms with van der Waals surface area (Å²) in [5, 5.41) is 2.78. The summed E-state index contributed by atoms with van der Waals surface area (Å²) in [5.74, 6) is 0.777. The summed E-state index contributed by atoms with van der Waals surface area (Å²) in [7, 11) is 0. The molecule has 0 aliphatic carbocycles. The molecule has 2 aromatic carbocycles. The molecule has 0 atom stereocenters. The zero-order chi connectivity index (χ0) is 18.5. The predicted octanol–water partition coefficient (Wildman–Crippen LogP) is 5.99. The molecule has 0 aliphatic heterocycles. The minimum absolute atomic E-state index is 0.0158. The number of thiazole rings is 1.